The molecule has 2 aromatic carbocycles. The highest BCUT2D eigenvalue weighted by atomic mass is 32.1. The maximum atomic E-state index is 11.6. The summed E-state index contributed by atoms with van der Waals surface area (Å²) in [6.07, 6.45) is 0.470. The number of hydrogen-bond acceptors (Lipinski definition) is 3. The summed E-state index contributed by atoms with van der Waals surface area (Å²) in [6.45, 7) is 6.35. The Kier molecular flexibility index (Phi) is 5.97. The summed E-state index contributed by atoms with van der Waals surface area (Å²) in [7, 11) is 0. The normalized spacial score (nSPS) is 12.1. The molecule has 1 aromatic heterocycles. The molecule has 0 aliphatic carbocycles. The first-order chi connectivity index (χ1) is 12.9. The average molecular weight is 381 g/mol. The molecular formula is C23H24O3S. The van der Waals surface area contributed by atoms with Crippen LogP contribution in [0.25, 0.3) is 0 Å². The van der Waals surface area contributed by atoms with Crippen molar-refractivity contribution < 1.29 is 14.6 Å². The van der Waals surface area contributed by atoms with Crippen molar-refractivity contribution in [2.45, 2.75) is 39.0 Å². The van der Waals surface area contributed by atoms with Gasteiger partial charge in [-0.25, -0.2) is 0 Å². The van der Waals surface area contributed by atoms with Crippen LogP contribution in [0.15, 0.2) is 60.0 Å². The molecule has 0 saturated carbocycles. The molecule has 1 heterocycles. The standard InChI is InChI=1S/C23H24O3S/c1-15(2)19-11-6-16(3)13-21(19)26-18-9-7-17(8-10-18)14-20(23(24)25)22-5-4-12-27-22/h4-13,15,20H,14H2,1-3H3,(H,24,25). The van der Waals surface area contributed by atoms with E-state index in [1.165, 1.54) is 16.9 Å². The number of hydrogen-bond donors (Lipinski definition) is 1. The lowest BCUT2D eigenvalue weighted by molar-refractivity contribution is -0.138. The molecule has 1 atom stereocenters. The van der Waals surface area contributed by atoms with Gasteiger partial charge in [0.2, 0.25) is 0 Å². The molecule has 140 valence electrons. The largest absolute Gasteiger partial charge is 0.481 e. The molecule has 0 saturated heterocycles. The van der Waals surface area contributed by atoms with Crippen LogP contribution in [-0.4, -0.2) is 11.1 Å². The number of carbonyl (C=O) groups is 1. The van der Waals surface area contributed by atoms with E-state index in [9.17, 15) is 9.90 Å². The summed E-state index contributed by atoms with van der Waals surface area (Å²) in [4.78, 5) is 12.5. The molecule has 1 unspecified atom stereocenters. The van der Waals surface area contributed by atoms with Crippen molar-refractivity contribution in [3.05, 3.63) is 81.5 Å². The first-order valence-corrected chi connectivity index (χ1v) is 9.95. The van der Waals surface area contributed by atoms with Crippen LogP contribution in [0.5, 0.6) is 11.5 Å². The van der Waals surface area contributed by atoms with Gasteiger partial charge in [0.15, 0.2) is 0 Å². The van der Waals surface area contributed by atoms with Crippen LogP contribution in [0.2, 0.25) is 0 Å². The lowest BCUT2D eigenvalue weighted by Gasteiger charge is -2.15. The zero-order valence-corrected chi connectivity index (χ0v) is 16.6. The van der Waals surface area contributed by atoms with E-state index >= 15 is 0 Å². The summed E-state index contributed by atoms with van der Waals surface area (Å²) in [5.41, 5.74) is 3.32. The Hall–Kier alpha value is -2.59. The molecule has 27 heavy (non-hydrogen) atoms. The maximum Gasteiger partial charge on any atom is 0.312 e. The van der Waals surface area contributed by atoms with E-state index in [4.69, 9.17) is 4.74 Å². The summed E-state index contributed by atoms with van der Waals surface area (Å²) in [6, 6.07) is 17.8. The second-order valence-corrected chi connectivity index (χ2v) is 8.03. The number of aliphatic carboxylic acids is 1. The fourth-order valence-corrected chi connectivity index (χ4v) is 3.88. The van der Waals surface area contributed by atoms with Gasteiger partial charge in [-0.05, 0) is 65.6 Å². The topological polar surface area (TPSA) is 46.5 Å². The summed E-state index contributed by atoms with van der Waals surface area (Å²) >= 11 is 1.48. The van der Waals surface area contributed by atoms with Gasteiger partial charge in [0.05, 0.1) is 5.92 Å². The molecule has 3 nitrogen and oxygen atoms in total. The van der Waals surface area contributed by atoms with E-state index in [0.29, 0.717) is 12.3 Å². The van der Waals surface area contributed by atoms with Crippen molar-refractivity contribution in [2.75, 3.05) is 0 Å². The van der Waals surface area contributed by atoms with Gasteiger partial charge < -0.3 is 9.84 Å². The van der Waals surface area contributed by atoms with Crippen molar-refractivity contribution in [1.29, 1.82) is 0 Å². The SMILES string of the molecule is Cc1ccc(C(C)C)c(Oc2ccc(CC(C(=O)O)c3cccs3)cc2)c1. The van der Waals surface area contributed by atoms with Gasteiger partial charge >= 0.3 is 5.97 Å². The lowest BCUT2D eigenvalue weighted by atomic mass is 9.98. The number of thiophene rings is 1. The van der Waals surface area contributed by atoms with Crippen molar-refractivity contribution in [3.8, 4) is 11.5 Å². The van der Waals surface area contributed by atoms with Crippen molar-refractivity contribution in [3.63, 3.8) is 0 Å². The zero-order chi connectivity index (χ0) is 19.4. The third-order valence-electron chi connectivity index (χ3n) is 4.57. The Morgan fingerprint density at radius 3 is 2.44 bits per heavy atom. The Bertz CT molecular complexity index is 896. The van der Waals surface area contributed by atoms with Gasteiger partial charge in [-0.15, -0.1) is 11.3 Å². The Labute approximate surface area is 164 Å². The third kappa shape index (κ3) is 4.77. The van der Waals surface area contributed by atoms with Gasteiger partial charge in [0.25, 0.3) is 0 Å². The smallest absolute Gasteiger partial charge is 0.312 e. The Morgan fingerprint density at radius 1 is 1.11 bits per heavy atom. The second kappa shape index (κ2) is 8.40. The molecule has 3 rings (SSSR count). The molecule has 1 N–H and O–H groups in total. The summed E-state index contributed by atoms with van der Waals surface area (Å²) in [5, 5.41) is 11.5. The van der Waals surface area contributed by atoms with Crippen LogP contribution < -0.4 is 4.74 Å². The number of aryl methyl sites for hydroxylation is 1. The van der Waals surface area contributed by atoms with Crippen molar-refractivity contribution in [1.82, 2.24) is 0 Å². The molecule has 0 amide bonds. The lowest BCUT2D eigenvalue weighted by Crippen LogP contribution is -2.13. The summed E-state index contributed by atoms with van der Waals surface area (Å²) in [5.74, 6) is 0.705. The number of carboxylic acids is 1. The van der Waals surface area contributed by atoms with E-state index in [-0.39, 0.29) is 0 Å². The van der Waals surface area contributed by atoms with Crippen LogP contribution in [0.4, 0.5) is 0 Å². The van der Waals surface area contributed by atoms with Crippen LogP contribution in [0, 0.1) is 6.92 Å². The highest BCUT2D eigenvalue weighted by Gasteiger charge is 2.21. The summed E-state index contributed by atoms with van der Waals surface area (Å²) < 4.78 is 6.12. The molecule has 3 aromatic rings. The van der Waals surface area contributed by atoms with E-state index in [0.717, 1.165) is 27.5 Å². The fraction of sp³-hybridized carbons (Fsp3) is 0.261. The molecule has 0 spiro atoms. The first-order valence-electron chi connectivity index (χ1n) is 9.07. The monoisotopic (exact) mass is 380 g/mol. The number of ether oxygens (including phenoxy) is 1. The van der Waals surface area contributed by atoms with Gasteiger partial charge in [0.1, 0.15) is 11.5 Å². The first kappa shape index (κ1) is 19.2. The quantitative estimate of drug-likeness (QED) is 0.517. The maximum absolute atomic E-state index is 11.6. The minimum absolute atomic E-state index is 0.377. The fourth-order valence-electron chi connectivity index (χ4n) is 3.06. The molecule has 0 aliphatic heterocycles. The molecule has 4 heteroatoms. The van der Waals surface area contributed by atoms with E-state index < -0.39 is 11.9 Å². The Morgan fingerprint density at radius 2 is 1.85 bits per heavy atom. The second-order valence-electron chi connectivity index (χ2n) is 7.05. The number of rotatable bonds is 7. The zero-order valence-electron chi connectivity index (χ0n) is 15.8. The molecule has 0 bridgehead atoms. The molecule has 0 radical (unpaired) electrons. The van der Waals surface area contributed by atoms with Gasteiger partial charge in [-0.3, -0.25) is 4.79 Å². The molecule has 0 fully saturated rings. The number of carboxylic acid groups (broad SMARTS) is 1. The predicted octanol–water partition coefficient (Wildman–Crippen LogP) is 6.38. The predicted molar refractivity (Wildman–Crippen MR) is 110 cm³/mol. The number of benzene rings is 2. The minimum Gasteiger partial charge on any atom is -0.481 e. The van der Waals surface area contributed by atoms with E-state index in [1.807, 2.05) is 41.8 Å². The Balaban J connectivity index is 1.76. The molecule has 0 aliphatic rings. The highest BCUT2D eigenvalue weighted by molar-refractivity contribution is 7.10. The van der Waals surface area contributed by atoms with E-state index in [1.54, 1.807) is 0 Å². The van der Waals surface area contributed by atoms with E-state index in [2.05, 4.69) is 39.0 Å². The minimum atomic E-state index is -0.792. The van der Waals surface area contributed by atoms with Crippen molar-refractivity contribution >= 4 is 17.3 Å². The van der Waals surface area contributed by atoms with Crippen molar-refractivity contribution in [2.24, 2.45) is 0 Å². The van der Waals surface area contributed by atoms with Gasteiger partial charge in [-0.1, -0.05) is 44.2 Å². The van der Waals surface area contributed by atoms with Crippen LogP contribution >= 0.6 is 11.3 Å². The van der Waals surface area contributed by atoms with Crippen LogP contribution in [0.3, 0.4) is 0 Å². The van der Waals surface area contributed by atoms with Gasteiger partial charge in [0, 0.05) is 4.88 Å². The van der Waals surface area contributed by atoms with Crippen LogP contribution in [0.1, 0.15) is 47.3 Å². The third-order valence-corrected chi connectivity index (χ3v) is 5.55. The van der Waals surface area contributed by atoms with Gasteiger partial charge in [-0.2, -0.15) is 0 Å². The van der Waals surface area contributed by atoms with Crippen LogP contribution in [-0.2, 0) is 11.2 Å². The highest BCUT2D eigenvalue weighted by Crippen LogP contribution is 2.32. The molecular weight excluding hydrogens is 356 g/mol. The average Bonchev–Trinajstić information content (AvgIpc) is 3.15.